The standard InChI is InChI=1S/C12H24N2O5S/c1-9(2)11(8-15)13-20(17,18)14-6-4-10(5-7-14)12(16)19-3/h9-11,13,15H,4-8H2,1-3H3. The summed E-state index contributed by atoms with van der Waals surface area (Å²) in [6.07, 6.45) is 0.915. The second kappa shape index (κ2) is 7.35. The van der Waals surface area contributed by atoms with Crippen LogP contribution in [0.15, 0.2) is 0 Å². The number of piperidine rings is 1. The molecule has 1 atom stereocenters. The molecule has 0 saturated carbocycles. The Morgan fingerprint density at radius 1 is 1.40 bits per heavy atom. The van der Waals surface area contributed by atoms with E-state index in [1.807, 2.05) is 13.8 Å². The molecule has 1 unspecified atom stereocenters. The maximum Gasteiger partial charge on any atom is 0.308 e. The molecule has 118 valence electrons. The number of ether oxygens (including phenoxy) is 1. The van der Waals surface area contributed by atoms with Gasteiger partial charge in [0, 0.05) is 19.1 Å². The smallest absolute Gasteiger partial charge is 0.308 e. The highest BCUT2D eigenvalue weighted by Crippen LogP contribution is 2.20. The lowest BCUT2D eigenvalue weighted by Crippen LogP contribution is -2.51. The van der Waals surface area contributed by atoms with Crippen LogP contribution in [0, 0.1) is 11.8 Å². The van der Waals surface area contributed by atoms with Gasteiger partial charge < -0.3 is 9.84 Å². The molecular weight excluding hydrogens is 284 g/mol. The van der Waals surface area contributed by atoms with E-state index in [4.69, 9.17) is 0 Å². The Hall–Kier alpha value is -0.700. The molecule has 0 bridgehead atoms. The maximum atomic E-state index is 12.2. The summed E-state index contributed by atoms with van der Waals surface area (Å²) < 4.78 is 32.9. The maximum absolute atomic E-state index is 12.2. The molecule has 0 aromatic carbocycles. The Morgan fingerprint density at radius 3 is 2.35 bits per heavy atom. The normalized spacial score (nSPS) is 20.1. The average molecular weight is 308 g/mol. The zero-order chi connectivity index (χ0) is 15.3. The van der Waals surface area contributed by atoms with Crippen molar-refractivity contribution in [2.45, 2.75) is 32.7 Å². The highest BCUT2D eigenvalue weighted by atomic mass is 32.2. The second-order valence-electron chi connectivity index (χ2n) is 5.35. The van der Waals surface area contributed by atoms with Crippen LogP contribution in [0.5, 0.6) is 0 Å². The number of hydrogen-bond donors (Lipinski definition) is 2. The van der Waals surface area contributed by atoms with Crippen LogP contribution in [0.1, 0.15) is 26.7 Å². The van der Waals surface area contributed by atoms with Crippen molar-refractivity contribution < 1.29 is 23.1 Å². The third-order valence-corrected chi connectivity index (χ3v) is 5.28. The van der Waals surface area contributed by atoms with Crippen molar-refractivity contribution in [3.05, 3.63) is 0 Å². The molecule has 1 saturated heterocycles. The minimum atomic E-state index is -3.62. The van der Waals surface area contributed by atoms with Gasteiger partial charge in [-0.15, -0.1) is 0 Å². The van der Waals surface area contributed by atoms with Crippen molar-refractivity contribution in [3.8, 4) is 0 Å². The van der Waals surface area contributed by atoms with Crippen LogP contribution in [0.2, 0.25) is 0 Å². The summed E-state index contributed by atoms with van der Waals surface area (Å²) in [5.74, 6) is -0.516. The van der Waals surface area contributed by atoms with Gasteiger partial charge in [0.15, 0.2) is 0 Å². The first kappa shape index (κ1) is 17.4. The number of esters is 1. The zero-order valence-corrected chi connectivity index (χ0v) is 13.0. The van der Waals surface area contributed by atoms with Gasteiger partial charge in [-0.05, 0) is 18.8 Å². The Kier molecular flexibility index (Phi) is 6.38. The van der Waals surface area contributed by atoms with Crippen LogP contribution in [-0.2, 0) is 19.7 Å². The van der Waals surface area contributed by atoms with Crippen LogP contribution in [0.25, 0.3) is 0 Å². The van der Waals surface area contributed by atoms with Crippen LogP contribution in [0.3, 0.4) is 0 Å². The van der Waals surface area contributed by atoms with Crippen molar-refractivity contribution in [3.63, 3.8) is 0 Å². The van der Waals surface area contributed by atoms with E-state index < -0.39 is 16.3 Å². The van der Waals surface area contributed by atoms with Crippen molar-refractivity contribution in [1.29, 1.82) is 0 Å². The molecule has 0 amide bonds. The van der Waals surface area contributed by atoms with Crippen LogP contribution in [0.4, 0.5) is 0 Å². The first-order valence-corrected chi connectivity index (χ1v) is 8.22. The highest BCUT2D eigenvalue weighted by Gasteiger charge is 2.33. The number of carbonyl (C=O) groups excluding carboxylic acids is 1. The summed E-state index contributed by atoms with van der Waals surface area (Å²) >= 11 is 0. The van der Waals surface area contributed by atoms with Gasteiger partial charge in [-0.2, -0.15) is 17.4 Å². The van der Waals surface area contributed by atoms with E-state index in [9.17, 15) is 18.3 Å². The molecule has 8 heteroatoms. The van der Waals surface area contributed by atoms with E-state index in [1.165, 1.54) is 11.4 Å². The molecule has 1 heterocycles. The molecule has 0 aliphatic carbocycles. The Bertz CT molecular complexity index is 416. The Balaban J connectivity index is 2.61. The van der Waals surface area contributed by atoms with Gasteiger partial charge in [0.25, 0.3) is 10.2 Å². The molecule has 0 aromatic rings. The molecule has 20 heavy (non-hydrogen) atoms. The fourth-order valence-electron chi connectivity index (χ4n) is 2.15. The van der Waals surface area contributed by atoms with E-state index >= 15 is 0 Å². The zero-order valence-electron chi connectivity index (χ0n) is 12.2. The molecule has 1 aliphatic rings. The predicted octanol–water partition coefficient (Wildman–Crippen LogP) is -0.277. The van der Waals surface area contributed by atoms with Gasteiger partial charge in [-0.1, -0.05) is 13.8 Å². The SMILES string of the molecule is COC(=O)C1CCN(S(=O)(=O)NC(CO)C(C)C)CC1. The summed E-state index contributed by atoms with van der Waals surface area (Å²) in [6.45, 7) is 4.01. The molecule has 0 aromatic heterocycles. The van der Waals surface area contributed by atoms with Gasteiger partial charge in [0.1, 0.15) is 0 Å². The molecule has 0 spiro atoms. The summed E-state index contributed by atoms with van der Waals surface area (Å²) in [5.41, 5.74) is 0. The number of carbonyl (C=O) groups is 1. The number of hydrogen-bond acceptors (Lipinski definition) is 5. The van der Waals surface area contributed by atoms with Crippen molar-refractivity contribution >= 4 is 16.2 Å². The monoisotopic (exact) mass is 308 g/mol. The number of nitrogens with one attached hydrogen (secondary N) is 1. The van der Waals surface area contributed by atoms with Crippen LogP contribution < -0.4 is 4.72 Å². The van der Waals surface area contributed by atoms with E-state index in [-0.39, 0.29) is 37.5 Å². The number of nitrogens with zero attached hydrogens (tertiary/aromatic N) is 1. The molecule has 1 fully saturated rings. The summed E-state index contributed by atoms with van der Waals surface area (Å²) in [6, 6.07) is -0.502. The minimum Gasteiger partial charge on any atom is -0.469 e. The molecule has 7 nitrogen and oxygen atoms in total. The third-order valence-electron chi connectivity index (χ3n) is 3.63. The van der Waals surface area contributed by atoms with Gasteiger partial charge >= 0.3 is 5.97 Å². The van der Waals surface area contributed by atoms with Crippen molar-refractivity contribution in [2.75, 3.05) is 26.8 Å². The lowest BCUT2D eigenvalue weighted by molar-refractivity contribution is -0.146. The minimum absolute atomic E-state index is 0.00221. The summed E-state index contributed by atoms with van der Waals surface area (Å²) in [5, 5.41) is 9.20. The van der Waals surface area contributed by atoms with Gasteiger partial charge in [-0.3, -0.25) is 4.79 Å². The average Bonchev–Trinajstić information content (AvgIpc) is 2.43. The summed E-state index contributed by atoms with van der Waals surface area (Å²) in [7, 11) is -2.29. The van der Waals surface area contributed by atoms with E-state index in [2.05, 4.69) is 9.46 Å². The second-order valence-corrected chi connectivity index (χ2v) is 7.05. The molecule has 1 rings (SSSR count). The van der Waals surface area contributed by atoms with Gasteiger partial charge in [0.05, 0.1) is 19.6 Å². The van der Waals surface area contributed by atoms with Gasteiger partial charge in [0.2, 0.25) is 0 Å². The van der Waals surface area contributed by atoms with Crippen LogP contribution >= 0.6 is 0 Å². The number of rotatable bonds is 6. The Labute approximate surface area is 120 Å². The molecule has 2 N–H and O–H groups in total. The molecule has 1 aliphatic heterocycles. The number of aliphatic hydroxyl groups is 1. The van der Waals surface area contributed by atoms with E-state index in [0.717, 1.165) is 0 Å². The predicted molar refractivity (Wildman–Crippen MR) is 74.1 cm³/mol. The number of methoxy groups -OCH3 is 1. The van der Waals surface area contributed by atoms with Gasteiger partial charge in [-0.25, -0.2) is 0 Å². The van der Waals surface area contributed by atoms with E-state index in [0.29, 0.717) is 12.8 Å². The fourth-order valence-corrected chi connectivity index (χ4v) is 3.72. The van der Waals surface area contributed by atoms with E-state index in [1.54, 1.807) is 0 Å². The quantitative estimate of drug-likeness (QED) is 0.658. The third kappa shape index (κ3) is 4.41. The Morgan fingerprint density at radius 2 is 1.95 bits per heavy atom. The topological polar surface area (TPSA) is 95.9 Å². The highest BCUT2D eigenvalue weighted by molar-refractivity contribution is 7.87. The molecule has 0 radical (unpaired) electrons. The van der Waals surface area contributed by atoms with Crippen LogP contribution in [-0.4, -0.2) is 56.6 Å². The molecular formula is C12H24N2O5S. The first-order valence-electron chi connectivity index (χ1n) is 6.78. The lowest BCUT2D eigenvalue weighted by Gasteiger charge is -2.31. The largest absolute Gasteiger partial charge is 0.469 e. The lowest BCUT2D eigenvalue weighted by atomic mass is 9.99. The number of aliphatic hydroxyl groups excluding tert-OH is 1. The fraction of sp³-hybridized carbons (Fsp3) is 0.917. The van der Waals surface area contributed by atoms with Crippen molar-refractivity contribution in [2.24, 2.45) is 11.8 Å². The first-order chi connectivity index (χ1) is 9.31. The summed E-state index contributed by atoms with van der Waals surface area (Å²) in [4.78, 5) is 11.4. The van der Waals surface area contributed by atoms with Crippen molar-refractivity contribution in [1.82, 2.24) is 9.03 Å².